The first-order valence-electron chi connectivity index (χ1n) is 12.3. The summed E-state index contributed by atoms with van der Waals surface area (Å²) in [5.41, 5.74) is 2.82. The van der Waals surface area contributed by atoms with E-state index in [-0.39, 0.29) is 23.8 Å². The molecule has 8 rings (SSSR count). The quantitative estimate of drug-likeness (QED) is 0.270. The summed E-state index contributed by atoms with van der Waals surface area (Å²) in [6, 6.07) is 15.2. The third kappa shape index (κ3) is 3.55. The summed E-state index contributed by atoms with van der Waals surface area (Å²) in [5.74, 6) is 0.780. The van der Waals surface area contributed by atoms with Crippen LogP contribution in [0, 0.1) is 0 Å². The first-order valence-corrected chi connectivity index (χ1v) is 12.3. The van der Waals surface area contributed by atoms with E-state index in [9.17, 15) is 0 Å². The van der Waals surface area contributed by atoms with Gasteiger partial charge in [0.15, 0.2) is 37.6 Å². The molecule has 0 spiro atoms. The highest BCUT2D eigenvalue weighted by Crippen LogP contribution is 2.53. The molecular weight excluding hydrogens is 544 g/mol. The highest BCUT2D eigenvalue weighted by Gasteiger charge is 2.54. The molecule has 0 unspecified atom stereocenters. The minimum Gasteiger partial charge on any atom is -0.280 e. The fourth-order valence-corrected chi connectivity index (χ4v) is 5.16. The molecule has 2 aromatic carbocycles. The number of aromatic nitrogens is 16. The lowest BCUT2D eigenvalue weighted by Crippen LogP contribution is -2.59. The van der Waals surface area contributed by atoms with Crippen molar-refractivity contribution in [3.8, 4) is 0 Å². The topological polar surface area (TPSA) is 219 Å². The lowest BCUT2D eigenvalue weighted by molar-refractivity contribution is 0.515. The van der Waals surface area contributed by atoms with Gasteiger partial charge in [-0.2, -0.15) is 0 Å². The zero-order chi connectivity index (χ0) is 27.9. The monoisotopic (exact) mass is 558 g/mol. The number of nitrogens with zero attached hydrogens (tertiary/aromatic N) is 20. The largest absolute Gasteiger partial charge is 0.280 e. The number of rotatable bonds is 5. The van der Waals surface area contributed by atoms with Gasteiger partial charge in [0.25, 0.3) is 23.8 Å². The predicted octanol–water partition coefficient (Wildman–Crippen LogP) is -0.0614. The molecule has 6 aromatic rings. The summed E-state index contributed by atoms with van der Waals surface area (Å²) in [6.07, 6.45) is 3.39. The maximum atomic E-state index is 4.31. The fourth-order valence-electron chi connectivity index (χ4n) is 5.16. The minimum atomic E-state index is -0.806. The smallest absolute Gasteiger partial charge is 0.271 e. The van der Waals surface area contributed by atoms with Gasteiger partial charge in [-0.15, -0.1) is 81.6 Å². The van der Waals surface area contributed by atoms with Gasteiger partial charge in [-0.1, -0.05) is 24.3 Å². The normalized spacial score (nSPS) is 14.8. The SMILES string of the molecule is c1ccc2c(c1)N(c1nncnn1)C(C1N(c3nncnn3)c3ccccc3N1c1nncnn1)N2c1nncnn1. The molecule has 0 saturated heterocycles. The van der Waals surface area contributed by atoms with E-state index >= 15 is 0 Å². The second-order valence-electron chi connectivity index (χ2n) is 8.67. The first-order chi connectivity index (χ1) is 20.9. The van der Waals surface area contributed by atoms with Gasteiger partial charge in [-0.05, 0) is 24.3 Å². The van der Waals surface area contributed by atoms with Crippen LogP contribution >= 0.6 is 0 Å². The van der Waals surface area contributed by atoms with Crippen LogP contribution in [0.25, 0.3) is 0 Å². The molecule has 0 amide bonds. The van der Waals surface area contributed by atoms with Crippen molar-refractivity contribution in [3.63, 3.8) is 0 Å². The number of benzene rings is 2. The standard InChI is InChI=1S/C22H14N20/c1-2-6-14-13(5-1)39(19-31-23-9-24-32-19)17(40(14)20-33-25-10-26-34-20)18-41(21-35-27-11-28-36-21)15-7-3-4-8-16(15)42(18)22-37-29-12-30-38-22/h1-12,17-18H. The van der Waals surface area contributed by atoms with Gasteiger partial charge in [-0.3, -0.25) is 19.6 Å². The molecule has 0 radical (unpaired) electrons. The molecule has 2 aliphatic rings. The molecule has 6 heterocycles. The zero-order valence-corrected chi connectivity index (χ0v) is 21.0. The lowest BCUT2D eigenvalue weighted by atomic mass is 10.2. The summed E-state index contributed by atoms with van der Waals surface area (Å²) in [5, 5.41) is 66.5. The highest BCUT2D eigenvalue weighted by atomic mass is 15.6. The van der Waals surface area contributed by atoms with Gasteiger partial charge in [0.05, 0.1) is 22.7 Å². The number of hydrogen-bond acceptors (Lipinski definition) is 20. The number of hydrogen-bond donors (Lipinski definition) is 0. The molecule has 0 aliphatic carbocycles. The number of fused-ring (bicyclic) bond motifs is 2. The molecule has 0 atom stereocenters. The van der Waals surface area contributed by atoms with Gasteiger partial charge in [-0.25, -0.2) is 0 Å². The van der Waals surface area contributed by atoms with E-state index in [0.29, 0.717) is 22.7 Å². The van der Waals surface area contributed by atoms with E-state index < -0.39 is 12.3 Å². The molecular formula is C22H14N20. The van der Waals surface area contributed by atoms with E-state index in [0.717, 1.165) is 0 Å². The predicted molar refractivity (Wildman–Crippen MR) is 140 cm³/mol. The minimum absolute atomic E-state index is 0.195. The van der Waals surface area contributed by atoms with Crippen LogP contribution in [0.1, 0.15) is 0 Å². The van der Waals surface area contributed by atoms with Crippen LogP contribution < -0.4 is 19.6 Å². The molecule has 20 nitrogen and oxygen atoms in total. The molecule has 0 bridgehead atoms. The maximum absolute atomic E-state index is 4.31. The van der Waals surface area contributed by atoms with E-state index in [4.69, 9.17) is 0 Å². The Morgan fingerprint density at radius 3 is 0.762 bits per heavy atom. The third-order valence-electron chi connectivity index (χ3n) is 6.58. The molecule has 0 N–H and O–H groups in total. The Morgan fingerprint density at radius 2 is 0.548 bits per heavy atom. The van der Waals surface area contributed by atoms with Gasteiger partial charge in [0, 0.05) is 0 Å². The van der Waals surface area contributed by atoms with E-state index in [1.54, 1.807) is 0 Å². The number of anilines is 8. The van der Waals surface area contributed by atoms with Gasteiger partial charge >= 0.3 is 0 Å². The molecule has 20 heteroatoms. The molecule has 0 saturated carbocycles. The van der Waals surface area contributed by atoms with Crippen LogP contribution in [0.5, 0.6) is 0 Å². The maximum Gasteiger partial charge on any atom is 0.271 e. The summed E-state index contributed by atoms with van der Waals surface area (Å²) < 4.78 is 0. The average Bonchev–Trinajstić information content (AvgIpc) is 3.59. The Kier molecular flexibility index (Phi) is 5.30. The van der Waals surface area contributed by atoms with Crippen molar-refractivity contribution in [2.75, 3.05) is 19.6 Å². The second-order valence-corrected chi connectivity index (χ2v) is 8.67. The zero-order valence-electron chi connectivity index (χ0n) is 21.0. The highest BCUT2D eigenvalue weighted by molar-refractivity contribution is 5.90. The van der Waals surface area contributed by atoms with Gasteiger partial charge in [0.2, 0.25) is 0 Å². The van der Waals surface area contributed by atoms with E-state index in [2.05, 4.69) is 81.6 Å². The van der Waals surface area contributed by atoms with Crippen molar-refractivity contribution in [2.45, 2.75) is 12.3 Å². The Hall–Kier alpha value is -6.60. The van der Waals surface area contributed by atoms with Gasteiger partial charge in [0.1, 0.15) is 0 Å². The molecule has 202 valence electrons. The van der Waals surface area contributed by atoms with Crippen LogP contribution in [-0.2, 0) is 0 Å². The summed E-state index contributed by atoms with van der Waals surface area (Å²) >= 11 is 0. The van der Waals surface area contributed by atoms with Crippen LogP contribution in [-0.4, -0.2) is 93.9 Å². The van der Waals surface area contributed by atoms with Crippen LogP contribution in [0.15, 0.2) is 73.8 Å². The van der Waals surface area contributed by atoms with E-state index in [1.807, 2.05) is 68.1 Å². The Balaban J connectivity index is 1.44. The number of para-hydroxylation sites is 4. The molecule has 4 aromatic heterocycles. The van der Waals surface area contributed by atoms with E-state index in [1.165, 1.54) is 25.3 Å². The molecule has 0 fully saturated rings. The van der Waals surface area contributed by atoms with Crippen molar-refractivity contribution in [2.24, 2.45) is 0 Å². The third-order valence-corrected chi connectivity index (χ3v) is 6.58. The molecule has 42 heavy (non-hydrogen) atoms. The van der Waals surface area contributed by atoms with Crippen LogP contribution in [0.4, 0.5) is 46.5 Å². The second kappa shape index (κ2) is 9.55. The average molecular weight is 558 g/mol. The van der Waals surface area contributed by atoms with Crippen LogP contribution in [0.3, 0.4) is 0 Å². The summed E-state index contributed by atoms with van der Waals surface area (Å²) in [4.78, 5) is 7.37. The summed E-state index contributed by atoms with van der Waals surface area (Å²) in [7, 11) is 0. The lowest BCUT2D eigenvalue weighted by Gasteiger charge is -2.40. The Morgan fingerprint density at radius 1 is 0.333 bits per heavy atom. The van der Waals surface area contributed by atoms with Crippen molar-refractivity contribution < 1.29 is 0 Å². The van der Waals surface area contributed by atoms with Crippen molar-refractivity contribution in [1.29, 1.82) is 0 Å². The fraction of sp³-hybridized carbons (Fsp3) is 0.0909. The van der Waals surface area contributed by atoms with Crippen molar-refractivity contribution >= 4 is 46.5 Å². The summed E-state index contributed by atoms with van der Waals surface area (Å²) in [6.45, 7) is 0. The van der Waals surface area contributed by atoms with Crippen molar-refractivity contribution in [1.82, 2.24) is 81.6 Å². The van der Waals surface area contributed by atoms with Crippen LogP contribution in [0.2, 0.25) is 0 Å². The van der Waals surface area contributed by atoms with Gasteiger partial charge < -0.3 is 0 Å². The molecule has 2 aliphatic heterocycles. The van der Waals surface area contributed by atoms with Crippen molar-refractivity contribution in [3.05, 3.63) is 73.8 Å². The Bertz CT molecular complexity index is 1560. The Labute approximate surface area is 234 Å². The first kappa shape index (κ1) is 23.3.